The fourth-order valence-electron chi connectivity index (χ4n) is 3.13. The third-order valence-corrected chi connectivity index (χ3v) is 4.04. The number of anilines is 1. The highest BCUT2D eigenvalue weighted by molar-refractivity contribution is 5.81. The zero-order chi connectivity index (χ0) is 16.9. The summed E-state index contributed by atoms with van der Waals surface area (Å²) in [5.41, 5.74) is 6.94. The van der Waals surface area contributed by atoms with E-state index in [9.17, 15) is 0 Å². The molecule has 2 fully saturated rings. The highest BCUT2D eigenvalue weighted by Gasteiger charge is 2.55. The van der Waals surface area contributed by atoms with Crippen molar-refractivity contribution >= 4 is 23.2 Å². The molecule has 0 radical (unpaired) electrons. The van der Waals surface area contributed by atoms with E-state index in [-0.39, 0.29) is 12.2 Å². The highest BCUT2D eigenvalue weighted by atomic mass is 16.8. The topological polar surface area (TPSA) is 119 Å². The van der Waals surface area contributed by atoms with Crippen LogP contribution in [0, 0.1) is 0 Å². The molecular weight excluding hydrogens is 316 g/mol. The van der Waals surface area contributed by atoms with E-state index >= 15 is 0 Å². The molecule has 0 spiro atoms. The van der Waals surface area contributed by atoms with E-state index in [1.807, 2.05) is 13.8 Å². The Balaban J connectivity index is 1.74. The number of aromatic nitrogens is 4. The lowest BCUT2D eigenvalue weighted by atomic mass is 10.1. The van der Waals surface area contributed by atoms with Crippen LogP contribution in [0.25, 0.3) is 11.2 Å². The molecule has 0 bridgehead atoms. The molecule has 2 aromatic rings. The summed E-state index contributed by atoms with van der Waals surface area (Å²) in [6, 6.07) is 0. The van der Waals surface area contributed by atoms with Crippen molar-refractivity contribution in [3.63, 3.8) is 0 Å². The summed E-state index contributed by atoms with van der Waals surface area (Å²) in [5.74, 6) is -0.407. The molecule has 0 aliphatic carbocycles. The summed E-state index contributed by atoms with van der Waals surface area (Å²) < 4.78 is 19.8. The summed E-state index contributed by atoms with van der Waals surface area (Å²) in [6.45, 7) is 3.72. The Bertz CT molecular complexity index is 791. The van der Waals surface area contributed by atoms with E-state index in [2.05, 4.69) is 20.1 Å². The third kappa shape index (κ3) is 2.30. The van der Waals surface area contributed by atoms with Crippen molar-refractivity contribution in [1.29, 1.82) is 0 Å². The predicted octanol–water partition coefficient (Wildman–Crippen LogP) is 0.458. The number of fused-ring (bicyclic) bond motifs is 2. The molecular formula is C14H18N6O4. The molecule has 2 aromatic heterocycles. The molecule has 0 unspecified atom stereocenters. The second-order valence-corrected chi connectivity index (χ2v) is 6.08. The first-order valence-corrected chi connectivity index (χ1v) is 7.51. The number of hydrogen-bond acceptors (Lipinski definition) is 9. The molecule has 4 atom stereocenters. The minimum Gasteiger partial charge on any atom is -0.399 e. The number of nitrogen functional groups attached to an aromatic ring is 1. The smallest absolute Gasteiger partial charge is 0.167 e. The lowest BCUT2D eigenvalue weighted by Gasteiger charge is -2.23. The summed E-state index contributed by atoms with van der Waals surface area (Å²) >= 11 is 0. The van der Waals surface area contributed by atoms with Crippen molar-refractivity contribution in [1.82, 2.24) is 19.5 Å². The van der Waals surface area contributed by atoms with Crippen molar-refractivity contribution in [2.75, 3.05) is 12.8 Å². The molecule has 2 saturated heterocycles. The molecule has 2 N–H and O–H groups in total. The van der Waals surface area contributed by atoms with Gasteiger partial charge < -0.3 is 24.8 Å². The van der Waals surface area contributed by atoms with Crippen LogP contribution < -0.4 is 5.73 Å². The Morgan fingerprint density at radius 2 is 2.08 bits per heavy atom. The normalized spacial score (nSPS) is 31.8. The molecule has 10 heteroatoms. The van der Waals surface area contributed by atoms with Gasteiger partial charge in [0.05, 0.1) is 12.5 Å². The Kier molecular flexibility index (Phi) is 3.41. The number of ether oxygens (including phenoxy) is 3. The van der Waals surface area contributed by atoms with E-state index < -0.39 is 18.1 Å². The maximum Gasteiger partial charge on any atom is 0.167 e. The Labute approximate surface area is 137 Å². The number of hydrogen-bond donors (Lipinski definition) is 1. The molecule has 2 aliphatic rings. The number of rotatable bonds is 3. The van der Waals surface area contributed by atoms with Crippen LogP contribution in [0.2, 0.25) is 0 Å². The van der Waals surface area contributed by atoms with Crippen LogP contribution in [0.3, 0.4) is 0 Å². The van der Waals surface area contributed by atoms with Crippen molar-refractivity contribution in [3.05, 3.63) is 12.7 Å². The number of nitrogens with two attached hydrogens (primary N) is 1. The molecule has 128 valence electrons. The number of nitrogens with zero attached hydrogens (tertiary/aromatic N) is 5. The molecule has 24 heavy (non-hydrogen) atoms. The predicted molar refractivity (Wildman–Crippen MR) is 83.0 cm³/mol. The van der Waals surface area contributed by atoms with Crippen molar-refractivity contribution < 1.29 is 19.0 Å². The van der Waals surface area contributed by atoms with Gasteiger partial charge in [0.2, 0.25) is 0 Å². The summed E-state index contributed by atoms with van der Waals surface area (Å²) in [6.07, 6.45) is 3.00. The molecule has 0 amide bonds. The lowest BCUT2D eigenvalue weighted by Crippen LogP contribution is -2.30. The Morgan fingerprint density at radius 3 is 2.88 bits per heavy atom. The van der Waals surface area contributed by atoms with Gasteiger partial charge in [-0.2, -0.15) is 0 Å². The van der Waals surface area contributed by atoms with Gasteiger partial charge >= 0.3 is 0 Å². The third-order valence-electron chi connectivity index (χ3n) is 4.04. The Morgan fingerprint density at radius 1 is 1.29 bits per heavy atom. The first-order chi connectivity index (χ1) is 11.5. The van der Waals surface area contributed by atoms with Crippen molar-refractivity contribution in [2.24, 2.45) is 5.16 Å². The van der Waals surface area contributed by atoms with Gasteiger partial charge in [0.15, 0.2) is 23.5 Å². The molecule has 4 heterocycles. The van der Waals surface area contributed by atoms with Crippen LogP contribution in [0.1, 0.15) is 20.1 Å². The lowest BCUT2D eigenvalue weighted by molar-refractivity contribution is -0.188. The second kappa shape index (κ2) is 5.36. The second-order valence-electron chi connectivity index (χ2n) is 6.08. The molecule has 0 aromatic carbocycles. The summed E-state index contributed by atoms with van der Waals surface area (Å²) in [4.78, 5) is 17.2. The van der Waals surface area contributed by atoms with Crippen LogP contribution in [-0.4, -0.2) is 56.9 Å². The number of oxime groups is 1. The molecule has 2 aliphatic heterocycles. The van der Waals surface area contributed by atoms with Gasteiger partial charge in [-0.05, 0) is 13.8 Å². The van der Waals surface area contributed by atoms with E-state index in [1.54, 1.807) is 17.1 Å². The fraction of sp³-hybridized carbons (Fsp3) is 0.571. The van der Waals surface area contributed by atoms with Gasteiger partial charge in [-0.25, -0.2) is 15.0 Å². The largest absolute Gasteiger partial charge is 0.399 e. The first-order valence-electron chi connectivity index (χ1n) is 7.51. The van der Waals surface area contributed by atoms with Gasteiger partial charge in [0.1, 0.15) is 37.3 Å². The minimum atomic E-state index is -0.721. The van der Waals surface area contributed by atoms with Gasteiger partial charge in [-0.3, -0.25) is 4.57 Å². The van der Waals surface area contributed by atoms with E-state index in [0.29, 0.717) is 17.0 Å². The standard InChI is InChI=1S/C14H18N6O4/c1-14(2)23-9-7(4-19-21-3)22-13(10(9)24-14)20-6-18-8-11(15)16-5-17-12(8)20/h4-7,9-10,13H,1-3H3,(H2,15,16,17)/b19-4+/t7-,9-,10-,13-/m1/s1. The van der Waals surface area contributed by atoms with Gasteiger partial charge in [0.25, 0.3) is 0 Å². The van der Waals surface area contributed by atoms with Gasteiger partial charge in [-0.1, -0.05) is 5.16 Å². The molecule has 0 saturated carbocycles. The fourth-order valence-corrected chi connectivity index (χ4v) is 3.13. The number of imidazole rings is 1. The maximum atomic E-state index is 6.06. The van der Waals surface area contributed by atoms with Crippen LogP contribution in [0.4, 0.5) is 5.82 Å². The average molecular weight is 334 g/mol. The quantitative estimate of drug-likeness (QED) is 0.635. The average Bonchev–Trinajstić information content (AvgIpc) is 3.17. The van der Waals surface area contributed by atoms with Crippen LogP contribution in [0.5, 0.6) is 0 Å². The van der Waals surface area contributed by atoms with Crippen LogP contribution in [0.15, 0.2) is 17.8 Å². The molecule has 10 nitrogen and oxygen atoms in total. The Hall–Kier alpha value is -2.30. The van der Waals surface area contributed by atoms with Crippen molar-refractivity contribution in [3.8, 4) is 0 Å². The summed E-state index contributed by atoms with van der Waals surface area (Å²) in [5, 5.41) is 3.80. The van der Waals surface area contributed by atoms with Crippen LogP contribution >= 0.6 is 0 Å². The van der Waals surface area contributed by atoms with E-state index in [0.717, 1.165) is 0 Å². The van der Waals surface area contributed by atoms with Gasteiger partial charge in [0, 0.05) is 0 Å². The van der Waals surface area contributed by atoms with Gasteiger partial charge in [-0.15, -0.1) is 0 Å². The molecule has 4 rings (SSSR count). The zero-order valence-corrected chi connectivity index (χ0v) is 13.5. The zero-order valence-electron chi connectivity index (χ0n) is 13.5. The first kappa shape index (κ1) is 15.2. The van der Waals surface area contributed by atoms with E-state index in [1.165, 1.54) is 13.4 Å². The summed E-state index contributed by atoms with van der Waals surface area (Å²) in [7, 11) is 1.47. The van der Waals surface area contributed by atoms with Crippen molar-refractivity contribution in [2.45, 2.75) is 44.2 Å². The monoisotopic (exact) mass is 334 g/mol. The van der Waals surface area contributed by atoms with Crippen LogP contribution in [-0.2, 0) is 19.0 Å². The highest BCUT2D eigenvalue weighted by Crippen LogP contribution is 2.43. The maximum absolute atomic E-state index is 6.06. The SMILES string of the molecule is CO/N=C/[C@H]1O[C@@H](n2cnc3c(N)ncnc32)[C@@H]2OC(C)(C)O[C@@H]21. The van der Waals surface area contributed by atoms with E-state index in [4.69, 9.17) is 24.8 Å². The minimum absolute atomic E-state index is 0.315.